The van der Waals surface area contributed by atoms with Gasteiger partial charge in [0.15, 0.2) is 5.82 Å². The lowest BCUT2D eigenvalue weighted by atomic mass is 9.89. The van der Waals surface area contributed by atoms with Gasteiger partial charge in [0.1, 0.15) is 11.4 Å². The van der Waals surface area contributed by atoms with E-state index in [-0.39, 0.29) is 18.2 Å². The number of amides is 2. The van der Waals surface area contributed by atoms with E-state index in [2.05, 4.69) is 30.7 Å². The van der Waals surface area contributed by atoms with E-state index in [9.17, 15) is 9.59 Å². The number of pyridine rings is 1. The third-order valence-corrected chi connectivity index (χ3v) is 6.30. The van der Waals surface area contributed by atoms with E-state index in [1.807, 2.05) is 12.1 Å². The van der Waals surface area contributed by atoms with Gasteiger partial charge in [-0.25, -0.2) is 4.98 Å². The minimum atomic E-state index is -0.574. The summed E-state index contributed by atoms with van der Waals surface area (Å²) in [4.78, 5) is 35.5. The van der Waals surface area contributed by atoms with Crippen molar-refractivity contribution in [3.63, 3.8) is 0 Å². The average Bonchev–Trinajstić information content (AvgIpc) is 3.43. The van der Waals surface area contributed by atoms with Crippen LogP contribution in [0.1, 0.15) is 76.4 Å². The number of nitrogens with one attached hydrogen (secondary N) is 2. The smallest absolute Gasteiger partial charge is 0.227 e. The molecule has 2 amide bonds. The van der Waals surface area contributed by atoms with Crippen LogP contribution in [0.25, 0.3) is 0 Å². The second kappa shape index (κ2) is 10.1. The van der Waals surface area contributed by atoms with Gasteiger partial charge in [-0.05, 0) is 37.8 Å². The molecule has 0 atom stereocenters. The van der Waals surface area contributed by atoms with Crippen LogP contribution in [-0.2, 0) is 21.5 Å². The van der Waals surface area contributed by atoms with Crippen LogP contribution in [0.4, 0.5) is 11.5 Å². The molecular weight excluding hydrogens is 408 g/mol. The predicted molar refractivity (Wildman–Crippen MR) is 120 cm³/mol. The highest BCUT2D eigenvalue weighted by atomic mass is 16.5. The van der Waals surface area contributed by atoms with Crippen LogP contribution in [-0.4, -0.2) is 40.0 Å². The quantitative estimate of drug-likeness (QED) is 0.635. The molecule has 0 radical (unpaired) electrons. The summed E-state index contributed by atoms with van der Waals surface area (Å²) in [5, 5.41) is 10.1. The number of carbonyl (C=O) groups excluding carboxylic acids is 2. The lowest BCUT2D eigenvalue weighted by Gasteiger charge is -2.30. The molecule has 1 saturated carbocycles. The van der Waals surface area contributed by atoms with Gasteiger partial charge in [0, 0.05) is 32.9 Å². The zero-order chi connectivity index (χ0) is 22.4. The van der Waals surface area contributed by atoms with Gasteiger partial charge in [-0.15, -0.1) is 0 Å². The van der Waals surface area contributed by atoms with Crippen molar-refractivity contribution in [3.05, 3.63) is 30.0 Å². The molecule has 2 aliphatic rings. The van der Waals surface area contributed by atoms with Gasteiger partial charge >= 0.3 is 0 Å². The summed E-state index contributed by atoms with van der Waals surface area (Å²) >= 11 is 0. The van der Waals surface area contributed by atoms with Gasteiger partial charge in [-0.2, -0.15) is 4.98 Å². The largest absolute Gasteiger partial charge is 0.357 e. The van der Waals surface area contributed by atoms with E-state index in [1.165, 1.54) is 19.8 Å². The normalized spacial score (nSPS) is 18.2. The number of hydrogen-bond acceptors (Lipinski definition) is 7. The first kappa shape index (κ1) is 22.2. The number of hydrogen-bond donors (Lipinski definition) is 2. The van der Waals surface area contributed by atoms with Crippen LogP contribution >= 0.6 is 0 Å². The van der Waals surface area contributed by atoms with Crippen molar-refractivity contribution in [1.29, 1.82) is 0 Å². The van der Waals surface area contributed by atoms with Crippen molar-refractivity contribution in [1.82, 2.24) is 20.4 Å². The first-order chi connectivity index (χ1) is 15.5. The van der Waals surface area contributed by atoms with Crippen molar-refractivity contribution in [2.75, 3.05) is 23.3 Å². The maximum Gasteiger partial charge on any atom is 0.227 e. The maximum atomic E-state index is 12.4. The molecule has 9 heteroatoms. The van der Waals surface area contributed by atoms with E-state index in [0.29, 0.717) is 23.8 Å². The van der Waals surface area contributed by atoms with E-state index in [0.717, 1.165) is 57.4 Å². The van der Waals surface area contributed by atoms with Gasteiger partial charge in [-0.3, -0.25) is 9.59 Å². The highest BCUT2D eigenvalue weighted by Crippen LogP contribution is 2.34. The molecule has 2 N–H and O–H groups in total. The fraction of sp³-hybridized carbons (Fsp3) is 0.609. The maximum absolute atomic E-state index is 12.4. The van der Waals surface area contributed by atoms with Crippen molar-refractivity contribution >= 4 is 23.3 Å². The Morgan fingerprint density at radius 3 is 2.50 bits per heavy atom. The molecular formula is C23H32N6O3. The van der Waals surface area contributed by atoms with Crippen molar-refractivity contribution in [2.45, 2.75) is 76.7 Å². The number of aryl methyl sites for hydroxylation is 1. The number of aromatic nitrogens is 3. The first-order valence-electron chi connectivity index (χ1n) is 11.7. The van der Waals surface area contributed by atoms with Crippen molar-refractivity contribution in [3.8, 4) is 0 Å². The Morgan fingerprint density at radius 1 is 1.09 bits per heavy atom. The zero-order valence-electron chi connectivity index (χ0n) is 18.7. The van der Waals surface area contributed by atoms with Crippen LogP contribution in [0.2, 0.25) is 0 Å². The molecule has 0 bridgehead atoms. The third-order valence-electron chi connectivity index (χ3n) is 6.30. The molecule has 3 heterocycles. The summed E-state index contributed by atoms with van der Waals surface area (Å²) in [6.07, 6.45) is 10.6. The molecule has 2 aromatic rings. The molecule has 0 aromatic carbocycles. The average molecular weight is 441 g/mol. The highest BCUT2D eigenvalue weighted by Gasteiger charge is 2.38. The van der Waals surface area contributed by atoms with Gasteiger partial charge in [0.25, 0.3) is 0 Å². The zero-order valence-corrected chi connectivity index (χ0v) is 18.7. The topological polar surface area (TPSA) is 113 Å². The number of rotatable bonds is 7. The Morgan fingerprint density at radius 2 is 1.84 bits per heavy atom. The second-order valence-corrected chi connectivity index (χ2v) is 8.84. The van der Waals surface area contributed by atoms with Crippen LogP contribution in [0.15, 0.2) is 22.9 Å². The SMILES string of the molecule is CC(=O)NC1(c2noc(CCC(=O)Nc3ccc(N4CCCC4)nc3)n2)CCCCCC1. The fourth-order valence-corrected chi connectivity index (χ4v) is 4.66. The van der Waals surface area contributed by atoms with E-state index in [4.69, 9.17) is 4.52 Å². The summed E-state index contributed by atoms with van der Waals surface area (Å²) in [6, 6.07) is 3.83. The van der Waals surface area contributed by atoms with E-state index >= 15 is 0 Å². The van der Waals surface area contributed by atoms with Crippen LogP contribution in [0, 0.1) is 0 Å². The molecule has 172 valence electrons. The van der Waals surface area contributed by atoms with Crippen LogP contribution < -0.4 is 15.5 Å². The Balaban J connectivity index is 1.33. The Kier molecular flexibility index (Phi) is 7.02. The minimum Gasteiger partial charge on any atom is -0.357 e. The number of anilines is 2. The van der Waals surface area contributed by atoms with E-state index < -0.39 is 5.54 Å². The molecule has 0 unspecified atom stereocenters. The summed E-state index contributed by atoms with van der Waals surface area (Å²) < 4.78 is 5.43. The number of carbonyl (C=O) groups is 2. The minimum absolute atomic E-state index is 0.0954. The summed E-state index contributed by atoms with van der Waals surface area (Å²) in [5.41, 5.74) is 0.0991. The Hall–Kier alpha value is -2.97. The van der Waals surface area contributed by atoms with Gasteiger partial charge in [-0.1, -0.05) is 30.8 Å². The van der Waals surface area contributed by atoms with Crippen LogP contribution in [0.3, 0.4) is 0 Å². The third kappa shape index (κ3) is 5.44. The van der Waals surface area contributed by atoms with Crippen molar-refractivity contribution in [2.24, 2.45) is 0 Å². The van der Waals surface area contributed by atoms with Gasteiger partial charge in [0.05, 0.1) is 11.9 Å². The second-order valence-electron chi connectivity index (χ2n) is 8.84. The molecule has 2 fully saturated rings. The molecule has 32 heavy (non-hydrogen) atoms. The molecule has 9 nitrogen and oxygen atoms in total. The van der Waals surface area contributed by atoms with Crippen LogP contribution in [0.5, 0.6) is 0 Å². The standard InChI is InChI=1S/C23H32N6O3/c1-17(30)27-23(12-4-2-3-5-13-23)22-26-21(32-28-22)11-10-20(31)25-18-8-9-19(24-16-18)29-14-6-7-15-29/h8-9,16H,2-7,10-15H2,1H3,(H,25,31)(H,27,30). The number of nitrogens with zero attached hydrogens (tertiary/aromatic N) is 4. The molecule has 1 aliphatic carbocycles. The lowest BCUT2D eigenvalue weighted by Crippen LogP contribution is -2.45. The van der Waals surface area contributed by atoms with Gasteiger partial charge in [0.2, 0.25) is 17.7 Å². The monoisotopic (exact) mass is 440 g/mol. The fourth-order valence-electron chi connectivity index (χ4n) is 4.66. The first-order valence-corrected chi connectivity index (χ1v) is 11.7. The molecule has 4 rings (SSSR count). The predicted octanol–water partition coefficient (Wildman–Crippen LogP) is 3.32. The molecule has 1 aliphatic heterocycles. The lowest BCUT2D eigenvalue weighted by molar-refractivity contribution is -0.121. The molecule has 1 saturated heterocycles. The summed E-state index contributed by atoms with van der Waals surface area (Å²) in [6.45, 7) is 3.59. The van der Waals surface area contributed by atoms with Crippen molar-refractivity contribution < 1.29 is 14.1 Å². The Labute approximate surface area is 188 Å². The van der Waals surface area contributed by atoms with Gasteiger partial charge < -0.3 is 20.1 Å². The van der Waals surface area contributed by atoms with E-state index in [1.54, 1.807) is 6.20 Å². The Bertz CT molecular complexity index is 912. The summed E-state index contributed by atoms with van der Waals surface area (Å²) in [7, 11) is 0. The molecule has 2 aromatic heterocycles. The molecule has 0 spiro atoms. The highest BCUT2D eigenvalue weighted by molar-refractivity contribution is 5.90. The summed E-state index contributed by atoms with van der Waals surface area (Å²) in [5.74, 6) is 1.65.